The number of amides is 1. The Labute approximate surface area is 242 Å². The molecule has 226 valence electrons. The van der Waals surface area contributed by atoms with E-state index in [1.54, 1.807) is 38.0 Å². The number of halogens is 4. The summed E-state index contributed by atoms with van der Waals surface area (Å²) in [5.41, 5.74) is 7.58. The van der Waals surface area contributed by atoms with Crippen LogP contribution in [0, 0.1) is 19.7 Å². The SMILES string of the molecule is Cc1ccc(C(=O)Nc2cc(N(C)C3CCN(C)CC3)c(F)c(C(F)(F)F)c2)cc1N(N)/C=C(\N)c1cnn(C)c1C. The summed E-state index contributed by atoms with van der Waals surface area (Å²) in [7, 11) is 5.32. The van der Waals surface area contributed by atoms with E-state index in [2.05, 4.69) is 15.3 Å². The number of hydrogen-bond donors (Lipinski definition) is 3. The van der Waals surface area contributed by atoms with Gasteiger partial charge in [-0.2, -0.15) is 18.3 Å². The second-order valence-corrected chi connectivity index (χ2v) is 10.7. The van der Waals surface area contributed by atoms with Gasteiger partial charge in [-0.1, -0.05) is 6.07 Å². The van der Waals surface area contributed by atoms with Crippen molar-refractivity contribution in [3.63, 3.8) is 0 Å². The zero-order chi connectivity index (χ0) is 30.9. The molecule has 1 aliphatic rings. The number of hydrazine groups is 1. The Morgan fingerprint density at radius 1 is 1.12 bits per heavy atom. The minimum atomic E-state index is -4.96. The molecular weight excluding hydrogens is 552 g/mol. The number of nitrogens with two attached hydrogens (primary N) is 2. The average Bonchev–Trinajstić information content (AvgIpc) is 3.26. The standard InChI is InChI=1S/C29H36F4N8O/c1-17-6-7-19(12-25(17)41(35)16-24(34)22-15-36-40(5)18(22)2)28(42)37-20-13-23(29(31,32)33)27(30)26(14-20)39(4)21-8-10-38(3)11-9-21/h6-7,12-16,21H,8-11,34-35H2,1-5H3,(H,37,42)/b24-16-. The first kappa shape index (κ1) is 30.8. The lowest BCUT2D eigenvalue weighted by molar-refractivity contribution is -0.139. The zero-order valence-corrected chi connectivity index (χ0v) is 24.3. The van der Waals surface area contributed by atoms with Crippen molar-refractivity contribution in [1.82, 2.24) is 14.7 Å². The lowest BCUT2D eigenvalue weighted by atomic mass is 10.0. The van der Waals surface area contributed by atoms with Crippen molar-refractivity contribution in [2.24, 2.45) is 18.6 Å². The Morgan fingerprint density at radius 3 is 2.38 bits per heavy atom. The number of piperidine rings is 1. The van der Waals surface area contributed by atoms with Gasteiger partial charge < -0.3 is 20.9 Å². The third-order valence-electron chi connectivity index (χ3n) is 7.81. The summed E-state index contributed by atoms with van der Waals surface area (Å²) in [6.07, 6.45) is -0.503. The highest BCUT2D eigenvalue weighted by Gasteiger charge is 2.37. The second kappa shape index (κ2) is 12.0. The molecule has 0 saturated carbocycles. The lowest BCUT2D eigenvalue weighted by Crippen LogP contribution is -2.42. The molecule has 0 bridgehead atoms. The Morgan fingerprint density at radius 2 is 1.79 bits per heavy atom. The van der Waals surface area contributed by atoms with E-state index >= 15 is 4.39 Å². The molecule has 1 fully saturated rings. The zero-order valence-electron chi connectivity index (χ0n) is 24.3. The normalized spacial score (nSPS) is 15.1. The smallest absolute Gasteiger partial charge is 0.397 e. The molecule has 1 aliphatic heterocycles. The van der Waals surface area contributed by atoms with E-state index < -0.39 is 23.5 Å². The highest BCUT2D eigenvalue weighted by molar-refractivity contribution is 6.05. The molecule has 2 aromatic carbocycles. The fraction of sp³-hybridized carbons (Fsp3) is 0.379. The van der Waals surface area contributed by atoms with E-state index in [0.29, 0.717) is 35.9 Å². The Balaban J connectivity index is 1.62. The Bertz CT molecular complexity index is 1490. The van der Waals surface area contributed by atoms with E-state index in [0.717, 1.165) is 24.3 Å². The van der Waals surface area contributed by atoms with Crippen LogP contribution in [0.15, 0.2) is 42.7 Å². The number of rotatable bonds is 7. The molecule has 42 heavy (non-hydrogen) atoms. The van der Waals surface area contributed by atoms with Crippen LogP contribution in [0.25, 0.3) is 5.70 Å². The molecule has 1 saturated heterocycles. The van der Waals surface area contributed by atoms with Crippen LogP contribution in [-0.2, 0) is 13.2 Å². The van der Waals surface area contributed by atoms with Gasteiger partial charge in [0.05, 0.1) is 28.8 Å². The van der Waals surface area contributed by atoms with E-state index in [1.807, 2.05) is 14.0 Å². The maximum atomic E-state index is 15.2. The third-order valence-corrected chi connectivity index (χ3v) is 7.81. The van der Waals surface area contributed by atoms with Crippen LogP contribution in [0.4, 0.5) is 34.6 Å². The van der Waals surface area contributed by atoms with Crippen molar-refractivity contribution in [3.05, 3.63) is 76.5 Å². The summed E-state index contributed by atoms with van der Waals surface area (Å²) in [5.74, 6) is 4.22. The first-order chi connectivity index (χ1) is 19.7. The monoisotopic (exact) mass is 588 g/mol. The summed E-state index contributed by atoms with van der Waals surface area (Å²) in [5, 5.41) is 7.95. The predicted octanol–water partition coefficient (Wildman–Crippen LogP) is 4.61. The topological polar surface area (TPSA) is 109 Å². The third kappa shape index (κ3) is 6.52. The number of aromatic nitrogens is 2. The summed E-state index contributed by atoms with van der Waals surface area (Å²) >= 11 is 0. The van der Waals surface area contributed by atoms with Crippen LogP contribution in [-0.4, -0.2) is 53.8 Å². The van der Waals surface area contributed by atoms with Gasteiger partial charge in [-0.05, 0) is 76.7 Å². The first-order valence-electron chi connectivity index (χ1n) is 13.4. The Hall–Kier alpha value is -4.10. The van der Waals surface area contributed by atoms with Crippen LogP contribution in [0.5, 0.6) is 0 Å². The number of likely N-dealkylation sites (tertiary alicyclic amines) is 1. The number of nitrogens with zero attached hydrogens (tertiary/aromatic N) is 5. The van der Waals surface area contributed by atoms with Crippen molar-refractivity contribution < 1.29 is 22.4 Å². The minimum Gasteiger partial charge on any atom is -0.397 e. The van der Waals surface area contributed by atoms with Crippen LogP contribution in [0.1, 0.15) is 45.6 Å². The van der Waals surface area contributed by atoms with Gasteiger partial charge in [-0.15, -0.1) is 0 Å². The molecule has 1 amide bonds. The fourth-order valence-corrected chi connectivity index (χ4v) is 5.03. The predicted molar refractivity (Wildman–Crippen MR) is 156 cm³/mol. The molecular formula is C29H36F4N8O. The number of alkyl halides is 3. The van der Waals surface area contributed by atoms with Gasteiger partial charge in [0.1, 0.15) is 0 Å². The molecule has 0 spiro atoms. The van der Waals surface area contributed by atoms with Gasteiger partial charge in [-0.3, -0.25) is 14.5 Å². The maximum Gasteiger partial charge on any atom is 0.419 e. The van der Waals surface area contributed by atoms with Crippen molar-refractivity contribution >= 4 is 28.7 Å². The molecule has 2 heterocycles. The summed E-state index contributed by atoms with van der Waals surface area (Å²) in [4.78, 5) is 16.9. The number of nitrogens with one attached hydrogen (secondary N) is 1. The van der Waals surface area contributed by atoms with E-state index in [4.69, 9.17) is 11.6 Å². The van der Waals surface area contributed by atoms with Crippen molar-refractivity contribution in [1.29, 1.82) is 0 Å². The number of anilines is 3. The highest BCUT2D eigenvalue weighted by atomic mass is 19.4. The minimum absolute atomic E-state index is 0.138. The fourth-order valence-electron chi connectivity index (χ4n) is 5.03. The first-order valence-corrected chi connectivity index (χ1v) is 13.4. The van der Waals surface area contributed by atoms with Crippen LogP contribution in [0.2, 0.25) is 0 Å². The number of carbonyl (C=O) groups excluding carboxylic acids is 1. The van der Waals surface area contributed by atoms with Crippen molar-refractivity contribution in [3.8, 4) is 0 Å². The molecule has 5 N–H and O–H groups in total. The van der Waals surface area contributed by atoms with Crippen molar-refractivity contribution in [2.75, 3.05) is 42.4 Å². The summed E-state index contributed by atoms with van der Waals surface area (Å²) in [6.45, 7) is 5.14. The second-order valence-electron chi connectivity index (χ2n) is 10.7. The molecule has 13 heteroatoms. The van der Waals surface area contributed by atoms with Crippen LogP contribution in [0.3, 0.4) is 0 Å². The van der Waals surface area contributed by atoms with Crippen molar-refractivity contribution in [2.45, 2.75) is 38.9 Å². The molecule has 0 atom stereocenters. The number of benzene rings is 2. The average molecular weight is 589 g/mol. The quantitative estimate of drug-likeness (QED) is 0.210. The van der Waals surface area contributed by atoms with Gasteiger partial charge in [-0.25, -0.2) is 10.2 Å². The van der Waals surface area contributed by atoms with Gasteiger partial charge in [0, 0.05) is 48.8 Å². The lowest BCUT2D eigenvalue weighted by Gasteiger charge is -2.37. The molecule has 9 nitrogen and oxygen atoms in total. The van der Waals surface area contributed by atoms with Gasteiger partial charge >= 0.3 is 6.18 Å². The molecule has 3 aromatic rings. The van der Waals surface area contributed by atoms with Gasteiger partial charge in [0.15, 0.2) is 5.82 Å². The van der Waals surface area contributed by atoms with E-state index in [1.165, 1.54) is 34.3 Å². The summed E-state index contributed by atoms with van der Waals surface area (Å²) in [6, 6.07) is 6.40. The molecule has 0 unspecified atom stereocenters. The summed E-state index contributed by atoms with van der Waals surface area (Å²) < 4.78 is 58.4. The molecule has 0 radical (unpaired) electrons. The maximum absolute atomic E-state index is 15.2. The van der Waals surface area contributed by atoms with E-state index in [-0.39, 0.29) is 23.0 Å². The molecule has 0 aliphatic carbocycles. The molecule has 4 rings (SSSR count). The number of carbonyl (C=O) groups is 1. The number of aryl methyl sites for hydroxylation is 2. The van der Waals surface area contributed by atoms with Crippen LogP contribution < -0.4 is 26.8 Å². The largest absolute Gasteiger partial charge is 0.419 e. The number of hydrogen-bond acceptors (Lipinski definition) is 7. The molecule has 1 aromatic heterocycles. The van der Waals surface area contributed by atoms with Crippen LogP contribution >= 0.6 is 0 Å². The Kier molecular flexibility index (Phi) is 8.83. The van der Waals surface area contributed by atoms with Gasteiger partial charge in [0.25, 0.3) is 5.91 Å². The van der Waals surface area contributed by atoms with Gasteiger partial charge in [0.2, 0.25) is 0 Å². The van der Waals surface area contributed by atoms with E-state index in [9.17, 15) is 18.0 Å². The highest BCUT2D eigenvalue weighted by Crippen LogP contribution is 2.39.